The van der Waals surface area contributed by atoms with E-state index in [2.05, 4.69) is 23.4 Å². The number of aliphatic carboxylic acids is 1. The molecule has 0 spiro atoms. The van der Waals surface area contributed by atoms with Crippen LogP contribution < -0.4 is 0 Å². The zero-order valence-corrected chi connectivity index (χ0v) is 13.5. The first-order valence-corrected chi connectivity index (χ1v) is 8.29. The number of nitrogens with zero attached hydrogens (tertiary/aromatic N) is 2. The van der Waals surface area contributed by atoms with E-state index in [1.165, 1.54) is 24.6 Å². The lowest BCUT2D eigenvalue weighted by Crippen LogP contribution is -2.29. The van der Waals surface area contributed by atoms with E-state index >= 15 is 0 Å². The van der Waals surface area contributed by atoms with Gasteiger partial charge in [0.15, 0.2) is 5.16 Å². The Labute approximate surface area is 132 Å². The summed E-state index contributed by atoms with van der Waals surface area (Å²) in [6.45, 7) is 4.38. The average Bonchev–Trinajstić information content (AvgIpc) is 3.18. The van der Waals surface area contributed by atoms with E-state index in [0.29, 0.717) is 10.9 Å². The van der Waals surface area contributed by atoms with Gasteiger partial charge in [-0.05, 0) is 44.7 Å². The minimum Gasteiger partial charge on any atom is -0.481 e. The summed E-state index contributed by atoms with van der Waals surface area (Å²) in [5.74, 6) is -0.228. The van der Waals surface area contributed by atoms with E-state index in [4.69, 9.17) is 16.7 Å². The van der Waals surface area contributed by atoms with Gasteiger partial charge in [0, 0.05) is 5.54 Å². The summed E-state index contributed by atoms with van der Waals surface area (Å²) in [7, 11) is 0. The van der Waals surface area contributed by atoms with Gasteiger partial charge in [-0.2, -0.15) is 0 Å². The van der Waals surface area contributed by atoms with Crippen molar-refractivity contribution in [3.63, 3.8) is 0 Å². The van der Waals surface area contributed by atoms with Gasteiger partial charge in [0.2, 0.25) is 0 Å². The lowest BCUT2D eigenvalue weighted by atomic mass is 9.98. The molecule has 1 saturated carbocycles. The summed E-state index contributed by atoms with van der Waals surface area (Å²) >= 11 is 7.50. The van der Waals surface area contributed by atoms with Crippen molar-refractivity contribution in [1.82, 2.24) is 9.55 Å². The van der Waals surface area contributed by atoms with E-state index < -0.39 is 5.97 Å². The van der Waals surface area contributed by atoms with Crippen molar-refractivity contribution in [3.8, 4) is 0 Å². The van der Waals surface area contributed by atoms with Crippen LogP contribution in [0.4, 0.5) is 0 Å². The molecule has 4 nitrogen and oxygen atoms in total. The van der Waals surface area contributed by atoms with Crippen LogP contribution in [0, 0.1) is 5.92 Å². The summed E-state index contributed by atoms with van der Waals surface area (Å²) in [6, 6.07) is 5.73. The summed E-state index contributed by atoms with van der Waals surface area (Å²) in [6.07, 6.45) is 2.41. The second kappa shape index (κ2) is 5.21. The Hall–Kier alpha value is -1.20. The molecule has 21 heavy (non-hydrogen) atoms. The molecule has 1 aliphatic rings. The third-order valence-corrected chi connectivity index (χ3v) is 5.31. The maximum absolute atomic E-state index is 10.9. The highest BCUT2D eigenvalue weighted by Gasteiger charge is 2.41. The van der Waals surface area contributed by atoms with Crippen LogP contribution in [-0.4, -0.2) is 26.4 Å². The van der Waals surface area contributed by atoms with E-state index in [-0.39, 0.29) is 11.3 Å². The van der Waals surface area contributed by atoms with E-state index in [0.717, 1.165) is 16.2 Å². The van der Waals surface area contributed by atoms with Crippen LogP contribution in [0.25, 0.3) is 11.0 Å². The van der Waals surface area contributed by atoms with Gasteiger partial charge in [0.05, 0.1) is 16.3 Å². The number of rotatable bonds is 5. The predicted molar refractivity (Wildman–Crippen MR) is 85.1 cm³/mol. The van der Waals surface area contributed by atoms with Crippen LogP contribution >= 0.6 is 23.4 Å². The zero-order chi connectivity index (χ0) is 15.2. The molecular formula is C15H17ClN2O2S. The Morgan fingerprint density at radius 2 is 2.24 bits per heavy atom. The standard InChI is InChI=1S/C15H17ClN2O2S/c1-15(2,9-6-7-9)18-11-5-3-4-10(16)13(11)17-14(18)21-8-12(19)20/h3-5,9H,6-8H2,1-2H3,(H,19,20). The number of benzene rings is 1. The molecule has 2 aromatic rings. The fourth-order valence-electron chi connectivity index (χ4n) is 2.80. The molecule has 0 bridgehead atoms. The van der Waals surface area contributed by atoms with Crippen molar-refractivity contribution >= 4 is 40.4 Å². The highest BCUT2D eigenvalue weighted by molar-refractivity contribution is 7.99. The van der Waals surface area contributed by atoms with Crippen LogP contribution in [0.2, 0.25) is 5.02 Å². The highest BCUT2D eigenvalue weighted by atomic mass is 35.5. The van der Waals surface area contributed by atoms with Crippen LogP contribution in [0.15, 0.2) is 23.4 Å². The van der Waals surface area contributed by atoms with Crippen LogP contribution in [-0.2, 0) is 10.3 Å². The van der Waals surface area contributed by atoms with Crippen molar-refractivity contribution in [1.29, 1.82) is 0 Å². The molecule has 1 aromatic heterocycles. The van der Waals surface area contributed by atoms with Crippen molar-refractivity contribution < 1.29 is 9.90 Å². The first-order valence-electron chi connectivity index (χ1n) is 6.93. The molecule has 0 radical (unpaired) electrons. The highest BCUT2D eigenvalue weighted by Crippen LogP contribution is 2.47. The monoisotopic (exact) mass is 324 g/mol. The van der Waals surface area contributed by atoms with Gasteiger partial charge in [0.1, 0.15) is 5.52 Å². The van der Waals surface area contributed by atoms with Crippen molar-refractivity contribution in [2.45, 2.75) is 37.4 Å². The quantitative estimate of drug-likeness (QED) is 0.844. The molecule has 3 rings (SSSR count). The number of thioether (sulfide) groups is 1. The Morgan fingerprint density at radius 1 is 1.52 bits per heavy atom. The first kappa shape index (κ1) is 14.7. The summed E-state index contributed by atoms with van der Waals surface area (Å²) in [5, 5.41) is 10.3. The number of imidazole rings is 1. The molecular weight excluding hydrogens is 308 g/mol. The van der Waals surface area contributed by atoms with Gasteiger partial charge in [-0.1, -0.05) is 29.4 Å². The smallest absolute Gasteiger partial charge is 0.313 e. The SMILES string of the molecule is CC(C)(C1CC1)n1c(SCC(=O)O)nc2c(Cl)cccc21. The Bertz CT molecular complexity index is 707. The largest absolute Gasteiger partial charge is 0.481 e. The van der Waals surface area contributed by atoms with E-state index in [1.807, 2.05) is 18.2 Å². The summed E-state index contributed by atoms with van der Waals surface area (Å²) < 4.78 is 2.17. The van der Waals surface area contributed by atoms with Gasteiger partial charge in [-0.3, -0.25) is 4.79 Å². The van der Waals surface area contributed by atoms with Gasteiger partial charge >= 0.3 is 5.97 Å². The number of fused-ring (bicyclic) bond motifs is 1. The Morgan fingerprint density at radius 3 is 2.86 bits per heavy atom. The molecule has 0 aliphatic heterocycles. The third-order valence-electron chi connectivity index (χ3n) is 4.08. The van der Waals surface area contributed by atoms with Crippen molar-refractivity contribution in [3.05, 3.63) is 23.2 Å². The van der Waals surface area contributed by atoms with E-state index in [1.54, 1.807) is 0 Å². The van der Waals surface area contributed by atoms with Crippen LogP contribution in [0.1, 0.15) is 26.7 Å². The van der Waals surface area contributed by atoms with Crippen LogP contribution in [0.5, 0.6) is 0 Å². The van der Waals surface area contributed by atoms with Crippen molar-refractivity contribution in [2.24, 2.45) is 5.92 Å². The number of aromatic nitrogens is 2. The molecule has 0 unspecified atom stereocenters. The number of hydrogen-bond acceptors (Lipinski definition) is 3. The van der Waals surface area contributed by atoms with Gasteiger partial charge in [-0.25, -0.2) is 4.98 Å². The Balaban J connectivity index is 2.15. The molecule has 0 saturated heterocycles. The van der Waals surface area contributed by atoms with E-state index in [9.17, 15) is 4.79 Å². The summed E-state index contributed by atoms with van der Waals surface area (Å²) in [5.41, 5.74) is 1.65. The number of carboxylic acid groups (broad SMARTS) is 1. The van der Waals surface area contributed by atoms with Crippen molar-refractivity contribution in [2.75, 3.05) is 5.75 Å². The minimum atomic E-state index is -0.839. The zero-order valence-electron chi connectivity index (χ0n) is 12.0. The molecule has 0 amide bonds. The molecule has 6 heteroatoms. The lowest BCUT2D eigenvalue weighted by molar-refractivity contribution is -0.133. The maximum atomic E-state index is 10.9. The molecule has 112 valence electrons. The fraction of sp³-hybridized carbons (Fsp3) is 0.467. The molecule has 1 fully saturated rings. The van der Waals surface area contributed by atoms with Gasteiger partial charge in [-0.15, -0.1) is 0 Å². The van der Waals surface area contributed by atoms with Gasteiger partial charge in [0.25, 0.3) is 0 Å². The van der Waals surface area contributed by atoms with Crippen LogP contribution in [0.3, 0.4) is 0 Å². The average molecular weight is 325 g/mol. The molecule has 1 aromatic carbocycles. The topological polar surface area (TPSA) is 55.1 Å². The molecule has 1 heterocycles. The second-order valence-corrected chi connectivity index (χ2v) is 7.30. The number of carboxylic acids is 1. The summed E-state index contributed by atoms with van der Waals surface area (Å²) in [4.78, 5) is 15.5. The number of carbonyl (C=O) groups is 1. The lowest BCUT2D eigenvalue weighted by Gasteiger charge is -2.29. The molecule has 0 atom stereocenters. The van der Waals surface area contributed by atoms with Gasteiger partial charge < -0.3 is 9.67 Å². The molecule has 1 N–H and O–H groups in total. The Kier molecular flexibility index (Phi) is 3.66. The minimum absolute atomic E-state index is 0.00167. The third kappa shape index (κ3) is 2.64. The number of para-hydroxylation sites is 1. The second-order valence-electron chi connectivity index (χ2n) is 5.95. The maximum Gasteiger partial charge on any atom is 0.313 e. The number of hydrogen-bond donors (Lipinski definition) is 1. The predicted octanol–water partition coefficient (Wildman–Crippen LogP) is 4.01. The fourth-order valence-corrected chi connectivity index (χ4v) is 3.88. The normalized spacial score (nSPS) is 15.6. The molecule has 1 aliphatic carbocycles. The number of halogens is 1. The first-order chi connectivity index (χ1) is 9.91.